The van der Waals surface area contributed by atoms with E-state index < -0.39 is 61.0 Å². The number of amides is 1. The van der Waals surface area contributed by atoms with E-state index in [4.69, 9.17) is 9.84 Å². The van der Waals surface area contributed by atoms with E-state index in [2.05, 4.69) is 5.32 Å². The highest BCUT2D eigenvalue weighted by Gasteiger charge is 2.36. The van der Waals surface area contributed by atoms with Gasteiger partial charge in [-0.2, -0.15) is 0 Å². The van der Waals surface area contributed by atoms with Gasteiger partial charge < -0.3 is 15.2 Å². The molecule has 138 valence electrons. The van der Waals surface area contributed by atoms with E-state index in [1.165, 1.54) is 0 Å². The van der Waals surface area contributed by atoms with Crippen LogP contribution < -0.4 is 5.32 Å². The molecule has 0 bridgehead atoms. The number of nitrogens with one attached hydrogen (secondary N) is 1. The largest absolute Gasteiger partial charge is 0.481 e. The van der Waals surface area contributed by atoms with Crippen molar-refractivity contribution in [1.82, 2.24) is 5.32 Å². The van der Waals surface area contributed by atoms with Crippen LogP contribution in [0.3, 0.4) is 0 Å². The number of ether oxygens (including phenoxy) is 1. The van der Waals surface area contributed by atoms with Gasteiger partial charge in [-0.3, -0.25) is 9.59 Å². The van der Waals surface area contributed by atoms with E-state index in [0.29, 0.717) is 6.07 Å². The van der Waals surface area contributed by atoms with Crippen molar-refractivity contribution in [2.75, 3.05) is 6.61 Å². The molecule has 1 aliphatic heterocycles. The molecule has 2 atom stereocenters. The number of carboxylic acids is 1. The number of carbonyl (C=O) groups excluding carboxylic acids is 1. The summed E-state index contributed by atoms with van der Waals surface area (Å²) < 4.78 is 57.8. The van der Waals surface area contributed by atoms with E-state index in [-0.39, 0.29) is 18.4 Å². The Hall–Kier alpha value is -2.16. The minimum Gasteiger partial charge on any atom is -0.481 e. The fourth-order valence-electron chi connectivity index (χ4n) is 2.59. The van der Waals surface area contributed by atoms with E-state index >= 15 is 0 Å². The lowest BCUT2D eigenvalue weighted by Crippen LogP contribution is -2.38. The molecule has 0 radical (unpaired) electrons. The molecule has 0 spiro atoms. The highest BCUT2D eigenvalue weighted by Crippen LogP contribution is 2.29. The summed E-state index contributed by atoms with van der Waals surface area (Å²) >= 11 is 0. The van der Waals surface area contributed by atoms with Crippen LogP contribution in [-0.2, 0) is 14.3 Å². The predicted molar refractivity (Wildman–Crippen MR) is 78.0 cm³/mol. The third-order valence-corrected chi connectivity index (χ3v) is 3.83. The Balaban J connectivity index is 2.01. The van der Waals surface area contributed by atoms with Crippen molar-refractivity contribution in [3.63, 3.8) is 0 Å². The fraction of sp³-hybridized carbons (Fsp3) is 0.500. The number of alkyl halides is 2. The van der Waals surface area contributed by atoms with Crippen LogP contribution in [-0.4, -0.2) is 35.6 Å². The van der Waals surface area contributed by atoms with Crippen LogP contribution >= 0.6 is 0 Å². The molecule has 1 fully saturated rings. The van der Waals surface area contributed by atoms with Gasteiger partial charge in [0.1, 0.15) is 18.2 Å². The first kappa shape index (κ1) is 19.2. The molecule has 1 aromatic carbocycles. The van der Waals surface area contributed by atoms with E-state index in [9.17, 15) is 27.2 Å². The minimum atomic E-state index is -2.92. The van der Waals surface area contributed by atoms with Crippen molar-refractivity contribution >= 4 is 11.9 Å². The van der Waals surface area contributed by atoms with Gasteiger partial charge in [0.05, 0.1) is 25.0 Å². The highest BCUT2D eigenvalue weighted by molar-refractivity contribution is 5.78. The monoisotopic (exact) mass is 363 g/mol. The number of hydrogen-bond donors (Lipinski definition) is 2. The van der Waals surface area contributed by atoms with Crippen molar-refractivity contribution < 1.29 is 37.0 Å². The molecule has 0 aliphatic carbocycles. The van der Waals surface area contributed by atoms with Gasteiger partial charge in [-0.05, 0) is 12.5 Å². The Bertz CT molecular complexity index is 643. The summed E-state index contributed by atoms with van der Waals surface area (Å²) in [5.74, 6) is -6.69. The molecule has 25 heavy (non-hydrogen) atoms. The number of hydrogen-bond acceptors (Lipinski definition) is 3. The van der Waals surface area contributed by atoms with E-state index in [1.807, 2.05) is 0 Å². The molecule has 1 aliphatic rings. The zero-order valence-electron chi connectivity index (χ0n) is 13.1. The lowest BCUT2D eigenvalue weighted by atomic mass is 10.0. The highest BCUT2D eigenvalue weighted by atomic mass is 19.3. The van der Waals surface area contributed by atoms with Crippen LogP contribution in [0, 0.1) is 11.6 Å². The average molecular weight is 363 g/mol. The molecular weight excluding hydrogens is 346 g/mol. The molecule has 1 heterocycles. The Morgan fingerprint density at radius 2 is 2.08 bits per heavy atom. The summed E-state index contributed by atoms with van der Waals surface area (Å²) in [6.45, 7) is -0.782. The van der Waals surface area contributed by atoms with Crippen LogP contribution in [0.1, 0.15) is 37.3 Å². The maximum absolute atomic E-state index is 13.9. The molecule has 1 aromatic rings. The zero-order valence-corrected chi connectivity index (χ0v) is 13.1. The van der Waals surface area contributed by atoms with Crippen LogP contribution in [0.5, 0.6) is 0 Å². The zero-order chi connectivity index (χ0) is 18.6. The third kappa shape index (κ3) is 5.70. The molecular formula is C16H17F4NO4. The standard InChI is InChI=1S/C16H17F4NO4/c17-9-1-2-11(12(18)5-9)13(7-15(23)24)21-14(22)6-10-3-4-16(19,20)8-25-10/h1-2,5,10,13H,3-4,6-8H2,(H,21,22)(H,23,24). The fourth-order valence-corrected chi connectivity index (χ4v) is 2.59. The third-order valence-electron chi connectivity index (χ3n) is 3.83. The molecule has 1 saturated heterocycles. The summed E-state index contributed by atoms with van der Waals surface area (Å²) in [6.07, 6.45) is -2.01. The van der Waals surface area contributed by atoms with Gasteiger partial charge in [0, 0.05) is 18.1 Å². The smallest absolute Gasteiger partial charge is 0.305 e. The van der Waals surface area contributed by atoms with Crippen molar-refractivity contribution in [2.24, 2.45) is 0 Å². The Morgan fingerprint density at radius 3 is 2.64 bits per heavy atom. The minimum absolute atomic E-state index is 0.0189. The topological polar surface area (TPSA) is 75.6 Å². The number of carbonyl (C=O) groups is 2. The van der Waals surface area contributed by atoms with Crippen LogP contribution in [0.15, 0.2) is 18.2 Å². The molecule has 5 nitrogen and oxygen atoms in total. The Labute approximate surface area is 141 Å². The van der Waals surface area contributed by atoms with Crippen molar-refractivity contribution in [3.8, 4) is 0 Å². The number of rotatable bonds is 6. The summed E-state index contributed by atoms with van der Waals surface area (Å²) in [5, 5.41) is 11.3. The normalized spacial score (nSPS) is 20.7. The molecule has 2 N–H and O–H groups in total. The maximum atomic E-state index is 13.9. The number of aliphatic carboxylic acids is 1. The molecule has 1 amide bonds. The summed E-state index contributed by atoms with van der Waals surface area (Å²) in [7, 11) is 0. The first-order chi connectivity index (χ1) is 11.7. The average Bonchev–Trinajstić information content (AvgIpc) is 2.48. The van der Waals surface area contributed by atoms with Crippen LogP contribution in [0.2, 0.25) is 0 Å². The summed E-state index contributed by atoms with van der Waals surface area (Å²) in [4.78, 5) is 23.0. The molecule has 0 saturated carbocycles. The van der Waals surface area contributed by atoms with Gasteiger partial charge in [-0.25, -0.2) is 17.6 Å². The number of carboxylic acid groups (broad SMARTS) is 1. The van der Waals surface area contributed by atoms with Crippen LogP contribution in [0.25, 0.3) is 0 Å². The second kappa shape index (κ2) is 7.81. The Kier molecular flexibility index (Phi) is 5.99. The van der Waals surface area contributed by atoms with Crippen molar-refractivity contribution in [2.45, 2.75) is 43.8 Å². The van der Waals surface area contributed by atoms with E-state index in [1.54, 1.807) is 0 Å². The maximum Gasteiger partial charge on any atom is 0.305 e. The van der Waals surface area contributed by atoms with Crippen molar-refractivity contribution in [1.29, 1.82) is 0 Å². The van der Waals surface area contributed by atoms with Gasteiger partial charge in [-0.15, -0.1) is 0 Å². The van der Waals surface area contributed by atoms with Crippen LogP contribution in [0.4, 0.5) is 17.6 Å². The molecule has 2 rings (SSSR count). The molecule has 9 heteroatoms. The summed E-state index contributed by atoms with van der Waals surface area (Å²) in [6, 6.07) is 1.38. The van der Waals surface area contributed by atoms with Gasteiger partial charge in [0.2, 0.25) is 5.91 Å². The number of halogens is 4. The second-order valence-electron chi connectivity index (χ2n) is 5.92. The van der Waals surface area contributed by atoms with E-state index in [0.717, 1.165) is 12.1 Å². The second-order valence-corrected chi connectivity index (χ2v) is 5.92. The number of benzene rings is 1. The van der Waals surface area contributed by atoms with Gasteiger partial charge in [0.15, 0.2) is 0 Å². The van der Waals surface area contributed by atoms with Gasteiger partial charge in [-0.1, -0.05) is 6.07 Å². The molecule has 2 unspecified atom stereocenters. The first-order valence-electron chi connectivity index (χ1n) is 7.62. The van der Waals surface area contributed by atoms with Crippen molar-refractivity contribution in [3.05, 3.63) is 35.4 Å². The lowest BCUT2D eigenvalue weighted by Gasteiger charge is -2.29. The van der Waals surface area contributed by atoms with Gasteiger partial charge >= 0.3 is 5.97 Å². The summed E-state index contributed by atoms with van der Waals surface area (Å²) in [5.41, 5.74) is -0.173. The first-order valence-corrected chi connectivity index (χ1v) is 7.62. The Morgan fingerprint density at radius 1 is 1.36 bits per heavy atom. The quantitative estimate of drug-likeness (QED) is 0.762. The SMILES string of the molecule is O=C(O)CC(NC(=O)CC1CCC(F)(F)CO1)c1ccc(F)cc1F. The van der Waals surface area contributed by atoms with Gasteiger partial charge in [0.25, 0.3) is 5.92 Å². The lowest BCUT2D eigenvalue weighted by molar-refractivity contribution is -0.152. The molecule has 0 aromatic heterocycles. The predicted octanol–water partition coefficient (Wildman–Crippen LogP) is 2.80.